The van der Waals surface area contributed by atoms with Gasteiger partial charge >= 0.3 is 0 Å². The number of sulfonamides is 1. The van der Waals surface area contributed by atoms with Crippen molar-refractivity contribution in [2.24, 2.45) is 5.92 Å². The van der Waals surface area contributed by atoms with E-state index in [0.717, 1.165) is 44.5 Å². The SMILES string of the molecule is COc1ccc(C)cc1S(=O)(=O)NCC1CCN(CCc2ccccc2)CC1. The van der Waals surface area contributed by atoms with E-state index in [-0.39, 0.29) is 4.90 Å². The first kappa shape index (κ1) is 20.8. The summed E-state index contributed by atoms with van der Waals surface area (Å²) in [5.74, 6) is 0.757. The minimum atomic E-state index is -3.57. The van der Waals surface area contributed by atoms with E-state index in [1.165, 1.54) is 12.7 Å². The van der Waals surface area contributed by atoms with Gasteiger partial charge in [-0.1, -0.05) is 36.4 Å². The Balaban J connectivity index is 1.48. The highest BCUT2D eigenvalue weighted by Gasteiger charge is 2.24. The third kappa shape index (κ3) is 5.56. The summed E-state index contributed by atoms with van der Waals surface area (Å²) in [4.78, 5) is 2.69. The van der Waals surface area contributed by atoms with Gasteiger partial charge in [0.1, 0.15) is 10.6 Å². The molecule has 28 heavy (non-hydrogen) atoms. The second-order valence-corrected chi connectivity index (χ2v) is 9.26. The van der Waals surface area contributed by atoms with Crippen LogP contribution in [0.4, 0.5) is 0 Å². The summed E-state index contributed by atoms with van der Waals surface area (Å²) in [6.07, 6.45) is 3.09. The van der Waals surface area contributed by atoms with Crippen molar-refractivity contribution in [2.45, 2.75) is 31.1 Å². The van der Waals surface area contributed by atoms with Gasteiger partial charge in [0.25, 0.3) is 0 Å². The molecule has 0 amide bonds. The van der Waals surface area contributed by atoms with Crippen LogP contribution >= 0.6 is 0 Å². The zero-order valence-corrected chi connectivity index (χ0v) is 17.5. The molecule has 0 saturated carbocycles. The molecule has 1 aliphatic heterocycles. The lowest BCUT2D eigenvalue weighted by Crippen LogP contribution is -2.39. The van der Waals surface area contributed by atoms with Gasteiger partial charge in [0.05, 0.1) is 7.11 Å². The third-order valence-electron chi connectivity index (χ3n) is 5.44. The van der Waals surface area contributed by atoms with Crippen LogP contribution in [0.15, 0.2) is 53.4 Å². The van der Waals surface area contributed by atoms with Crippen molar-refractivity contribution in [2.75, 3.05) is 33.3 Å². The summed E-state index contributed by atoms with van der Waals surface area (Å²) in [5, 5.41) is 0. The van der Waals surface area contributed by atoms with E-state index in [4.69, 9.17) is 4.74 Å². The van der Waals surface area contributed by atoms with Gasteiger partial charge in [-0.05, 0) is 68.5 Å². The maximum atomic E-state index is 12.7. The predicted octanol–water partition coefficient (Wildman–Crippen LogP) is 3.24. The molecule has 1 aliphatic rings. The summed E-state index contributed by atoms with van der Waals surface area (Å²) < 4.78 is 33.5. The molecule has 1 N–H and O–H groups in total. The first-order valence-corrected chi connectivity index (χ1v) is 11.4. The van der Waals surface area contributed by atoms with Crippen LogP contribution in [0.25, 0.3) is 0 Å². The molecule has 1 heterocycles. The van der Waals surface area contributed by atoms with Gasteiger partial charge in [0.2, 0.25) is 10.0 Å². The molecule has 5 nitrogen and oxygen atoms in total. The monoisotopic (exact) mass is 402 g/mol. The number of aryl methyl sites for hydroxylation is 1. The molecule has 2 aromatic rings. The number of piperidine rings is 1. The number of rotatable bonds is 8. The van der Waals surface area contributed by atoms with Gasteiger partial charge < -0.3 is 9.64 Å². The van der Waals surface area contributed by atoms with Crippen molar-refractivity contribution >= 4 is 10.0 Å². The van der Waals surface area contributed by atoms with Crippen LogP contribution in [0.1, 0.15) is 24.0 Å². The largest absolute Gasteiger partial charge is 0.495 e. The summed E-state index contributed by atoms with van der Waals surface area (Å²) in [6, 6.07) is 15.8. The summed E-state index contributed by atoms with van der Waals surface area (Å²) in [6.45, 7) is 5.46. The van der Waals surface area contributed by atoms with Crippen LogP contribution in [-0.4, -0.2) is 46.6 Å². The molecule has 0 bridgehead atoms. The second kappa shape index (κ2) is 9.54. The lowest BCUT2D eigenvalue weighted by Gasteiger charge is -2.32. The zero-order chi connectivity index (χ0) is 20.0. The van der Waals surface area contributed by atoms with Gasteiger partial charge in [-0.25, -0.2) is 13.1 Å². The fraction of sp³-hybridized carbons (Fsp3) is 0.455. The van der Waals surface area contributed by atoms with E-state index in [9.17, 15) is 8.42 Å². The van der Waals surface area contributed by atoms with Crippen LogP contribution < -0.4 is 9.46 Å². The number of hydrogen-bond acceptors (Lipinski definition) is 4. The van der Waals surface area contributed by atoms with E-state index < -0.39 is 10.0 Å². The lowest BCUT2D eigenvalue weighted by molar-refractivity contribution is 0.187. The van der Waals surface area contributed by atoms with Gasteiger partial charge in [-0.2, -0.15) is 0 Å². The number of nitrogens with zero attached hydrogens (tertiary/aromatic N) is 1. The standard InChI is InChI=1S/C22H30N2O3S/c1-18-8-9-21(27-2)22(16-18)28(25,26)23-17-20-11-14-24(15-12-20)13-10-19-6-4-3-5-7-19/h3-9,16,20,23H,10-15,17H2,1-2H3. The fourth-order valence-electron chi connectivity index (χ4n) is 3.65. The average Bonchev–Trinajstić information content (AvgIpc) is 2.72. The molecule has 0 unspecified atom stereocenters. The van der Waals surface area contributed by atoms with Crippen molar-refractivity contribution in [1.29, 1.82) is 0 Å². The average molecular weight is 403 g/mol. The molecule has 0 atom stereocenters. The van der Waals surface area contributed by atoms with Gasteiger partial charge in [-0.3, -0.25) is 0 Å². The molecule has 3 rings (SSSR count). The summed E-state index contributed by atoms with van der Waals surface area (Å²) >= 11 is 0. The number of benzene rings is 2. The van der Waals surface area contributed by atoms with Crippen LogP contribution in [0.3, 0.4) is 0 Å². The number of methoxy groups -OCH3 is 1. The minimum Gasteiger partial charge on any atom is -0.495 e. The Hall–Kier alpha value is -1.89. The highest BCUT2D eigenvalue weighted by Crippen LogP contribution is 2.25. The highest BCUT2D eigenvalue weighted by atomic mass is 32.2. The molecule has 0 spiro atoms. The van der Waals surface area contributed by atoms with Crippen LogP contribution in [-0.2, 0) is 16.4 Å². The van der Waals surface area contributed by atoms with Crippen LogP contribution in [0, 0.1) is 12.8 Å². The first-order chi connectivity index (χ1) is 13.5. The molecule has 152 valence electrons. The van der Waals surface area contributed by atoms with Crippen molar-refractivity contribution in [1.82, 2.24) is 9.62 Å². The number of likely N-dealkylation sites (tertiary alicyclic amines) is 1. The topological polar surface area (TPSA) is 58.6 Å². The molecule has 0 radical (unpaired) electrons. The Morgan fingerprint density at radius 2 is 1.82 bits per heavy atom. The molecule has 1 fully saturated rings. The molecular weight excluding hydrogens is 372 g/mol. The van der Waals surface area contributed by atoms with Crippen LogP contribution in [0.5, 0.6) is 5.75 Å². The molecule has 6 heteroatoms. The Morgan fingerprint density at radius 3 is 2.50 bits per heavy atom. The highest BCUT2D eigenvalue weighted by molar-refractivity contribution is 7.89. The molecule has 2 aromatic carbocycles. The Labute approximate surface area is 168 Å². The first-order valence-electron chi connectivity index (χ1n) is 9.88. The zero-order valence-electron chi connectivity index (χ0n) is 16.7. The van der Waals surface area contributed by atoms with Crippen molar-refractivity contribution < 1.29 is 13.2 Å². The number of hydrogen-bond donors (Lipinski definition) is 1. The maximum absolute atomic E-state index is 12.7. The third-order valence-corrected chi connectivity index (χ3v) is 6.88. The second-order valence-electron chi connectivity index (χ2n) is 7.53. The lowest BCUT2D eigenvalue weighted by atomic mass is 9.97. The van der Waals surface area contributed by atoms with E-state index in [0.29, 0.717) is 18.2 Å². The summed E-state index contributed by atoms with van der Waals surface area (Å²) in [5.41, 5.74) is 2.26. The Morgan fingerprint density at radius 1 is 1.11 bits per heavy atom. The predicted molar refractivity (Wildman–Crippen MR) is 112 cm³/mol. The van der Waals surface area contributed by atoms with E-state index >= 15 is 0 Å². The maximum Gasteiger partial charge on any atom is 0.244 e. The molecule has 0 aromatic heterocycles. The van der Waals surface area contributed by atoms with Crippen molar-refractivity contribution in [3.63, 3.8) is 0 Å². The molecule has 1 saturated heterocycles. The van der Waals surface area contributed by atoms with Crippen LogP contribution in [0.2, 0.25) is 0 Å². The normalized spacial score (nSPS) is 16.2. The molecular formula is C22H30N2O3S. The van der Waals surface area contributed by atoms with Gasteiger partial charge in [0, 0.05) is 13.1 Å². The van der Waals surface area contributed by atoms with E-state index in [1.807, 2.05) is 19.1 Å². The minimum absolute atomic E-state index is 0.218. The van der Waals surface area contributed by atoms with E-state index in [2.05, 4.69) is 33.9 Å². The quantitative estimate of drug-likeness (QED) is 0.736. The van der Waals surface area contributed by atoms with Crippen molar-refractivity contribution in [3.05, 3.63) is 59.7 Å². The number of nitrogens with one attached hydrogen (secondary N) is 1. The Kier molecular flexibility index (Phi) is 7.10. The van der Waals surface area contributed by atoms with E-state index in [1.54, 1.807) is 12.1 Å². The smallest absolute Gasteiger partial charge is 0.244 e. The van der Waals surface area contributed by atoms with Gasteiger partial charge in [0.15, 0.2) is 0 Å². The van der Waals surface area contributed by atoms with Crippen molar-refractivity contribution in [3.8, 4) is 5.75 Å². The summed E-state index contributed by atoms with van der Waals surface area (Å²) in [7, 11) is -2.08. The van der Waals surface area contributed by atoms with Gasteiger partial charge in [-0.15, -0.1) is 0 Å². The number of ether oxygens (including phenoxy) is 1. The molecule has 0 aliphatic carbocycles. The fourth-order valence-corrected chi connectivity index (χ4v) is 5.01. The Bertz CT molecular complexity index is 861.